The van der Waals surface area contributed by atoms with Crippen LogP contribution in [-0.4, -0.2) is 21.5 Å². The Morgan fingerprint density at radius 3 is 3.07 bits per heavy atom. The first kappa shape index (κ1) is 9.67. The van der Waals surface area contributed by atoms with E-state index in [2.05, 4.69) is 15.0 Å². The third-order valence-electron chi connectivity index (χ3n) is 2.16. The number of fused-ring (bicyclic) bond motifs is 1. The van der Waals surface area contributed by atoms with Crippen molar-refractivity contribution in [3.63, 3.8) is 0 Å². The lowest BCUT2D eigenvalue weighted by Crippen LogP contribution is -1.95. The average Bonchev–Trinajstić information content (AvgIpc) is 2.63. The van der Waals surface area contributed by atoms with Crippen LogP contribution in [0.3, 0.4) is 0 Å². The largest absolute Gasteiger partial charge is 0.383 e. The molecule has 5 N–H and O–H groups in total. The van der Waals surface area contributed by atoms with Gasteiger partial charge in [0.15, 0.2) is 0 Å². The first-order valence-electron chi connectivity index (χ1n) is 4.77. The monoisotopic (exact) mass is 203 g/mol. The van der Waals surface area contributed by atoms with Crippen LogP contribution < -0.4 is 11.5 Å². The lowest BCUT2D eigenvalue weighted by molar-refractivity contribution is 1.01. The van der Waals surface area contributed by atoms with Crippen molar-refractivity contribution in [3.8, 4) is 0 Å². The van der Waals surface area contributed by atoms with Crippen LogP contribution in [0.25, 0.3) is 17.1 Å². The highest BCUT2D eigenvalue weighted by Crippen LogP contribution is 2.21. The minimum absolute atomic E-state index is 0.494. The SMILES string of the molecule is NCCC=Cc1c[nH]c2ncnc(N)c12. The van der Waals surface area contributed by atoms with Crippen molar-refractivity contribution in [2.75, 3.05) is 12.3 Å². The Morgan fingerprint density at radius 2 is 2.27 bits per heavy atom. The van der Waals surface area contributed by atoms with E-state index in [9.17, 15) is 0 Å². The Morgan fingerprint density at radius 1 is 1.40 bits per heavy atom. The molecule has 2 aromatic heterocycles. The number of nitrogens with zero attached hydrogens (tertiary/aromatic N) is 2. The van der Waals surface area contributed by atoms with Gasteiger partial charge in [0.25, 0.3) is 0 Å². The summed E-state index contributed by atoms with van der Waals surface area (Å²) in [5, 5.41) is 0.866. The molecule has 78 valence electrons. The second-order valence-corrected chi connectivity index (χ2v) is 3.21. The number of nitrogens with two attached hydrogens (primary N) is 2. The molecule has 0 saturated carbocycles. The standard InChI is InChI=1S/C10H13N5/c11-4-2-1-3-7-5-13-10-8(7)9(12)14-6-15-10/h1,3,5-6H,2,4,11H2,(H3,12,13,14,15). The van der Waals surface area contributed by atoms with Crippen molar-refractivity contribution < 1.29 is 0 Å². The van der Waals surface area contributed by atoms with Gasteiger partial charge in [-0.1, -0.05) is 12.2 Å². The second kappa shape index (κ2) is 4.10. The molecule has 0 saturated heterocycles. The highest BCUT2D eigenvalue weighted by Gasteiger charge is 2.05. The molecular formula is C10H13N5. The molecule has 2 aromatic rings. The first-order chi connectivity index (χ1) is 7.33. The number of hydrogen-bond acceptors (Lipinski definition) is 4. The maximum atomic E-state index is 5.78. The van der Waals surface area contributed by atoms with Crippen molar-refractivity contribution in [2.24, 2.45) is 5.73 Å². The van der Waals surface area contributed by atoms with E-state index in [0.29, 0.717) is 12.4 Å². The molecule has 0 amide bonds. The van der Waals surface area contributed by atoms with E-state index in [1.54, 1.807) is 0 Å². The van der Waals surface area contributed by atoms with E-state index in [4.69, 9.17) is 11.5 Å². The van der Waals surface area contributed by atoms with Gasteiger partial charge in [-0.15, -0.1) is 0 Å². The van der Waals surface area contributed by atoms with Crippen LogP contribution in [-0.2, 0) is 0 Å². The van der Waals surface area contributed by atoms with Crippen molar-refractivity contribution >= 4 is 22.9 Å². The van der Waals surface area contributed by atoms with Gasteiger partial charge in [-0.3, -0.25) is 0 Å². The third-order valence-corrected chi connectivity index (χ3v) is 2.16. The highest BCUT2D eigenvalue weighted by molar-refractivity contribution is 5.93. The molecular weight excluding hydrogens is 190 g/mol. The molecule has 0 spiro atoms. The summed E-state index contributed by atoms with van der Waals surface area (Å²) in [5.74, 6) is 0.494. The summed E-state index contributed by atoms with van der Waals surface area (Å²) in [6, 6.07) is 0. The normalized spacial score (nSPS) is 11.5. The Hall–Kier alpha value is -1.88. The summed E-state index contributed by atoms with van der Waals surface area (Å²) in [4.78, 5) is 11.1. The van der Waals surface area contributed by atoms with Gasteiger partial charge in [0, 0.05) is 11.8 Å². The number of aromatic amines is 1. The van der Waals surface area contributed by atoms with Gasteiger partial charge in [-0.05, 0) is 13.0 Å². The maximum absolute atomic E-state index is 5.78. The molecule has 0 fully saturated rings. The van der Waals surface area contributed by atoms with Gasteiger partial charge in [0.1, 0.15) is 17.8 Å². The van der Waals surface area contributed by atoms with Crippen LogP contribution in [0.4, 0.5) is 5.82 Å². The van der Waals surface area contributed by atoms with Crippen LogP contribution >= 0.6 is 0 Å². The Balaban J connectivity index is 2.44. The number of nitrogens with one attached hydrogen (secondary N) is 1. The molecule has 0 unspecified atom stereocenters. The van der Waals surface area contributed by atoms with Crippen molar-refractivity contribution in [3.05, 3.63) is 24.2 Å². The van der Waals surface area contributed by atoms with E-state index >= 15 is 0 Å². The van der Waals surface area contributed by atoms with Gasteiger partial charge in [-0.2, -0.15) is 0 Å². The smallest absolute Gasteiger partial charge is 0.143 e. The number of aromatic nitrogens is 3. The molecule has 0 radical (unpaired) electrons. The number of H-pyrrole nitrogens is 1. The van der Waals surface area contributed by atoms with Gasteiger partial charge in [0.2, 0.25) is 0 Å². The minimum atomic E-state index is 0.494. The van der Waals surface area contributed by atoms with E-state index in [0.717, 1.165) is 23.0 Å². The van der Waals surface area contributed by atoms with Crippen LogP contribution in [0, 0.1) is 0 Å². The molecule has 15 heavy (non-hydrogen) atoms. The van der Waals surface area contributed by atoms with E-state index < -0.39 is 0 Å². The predicted octanol–water partition coefficient (Wildman–Crippen LogP) is 0.902. The van der Waals surface area contributed by atoms with Crippen LogP contribution in [0.5, 0.6) is 0 Å². The summed E-state index contributed by atoms with van der Waals surface area (Å²) in [6.45, 7) is 0.644. The van der Waals surface area contributed by atoms with Gasteiger partial charge in [-0.25, -0.2) is 9.97 Å². The lowest BCUT2D eigenvalue weighted by atomic mass is 10.2. The quantitative estimate of drug-likeness (QED) is 0.690. The van der Waals surface area contributed by atoms with Gasteiger partial charge < -0.3 is 16.5 Å². The summed E-state index contributed by atoms with van der Waals surface area (Å²) in [6.07, 6.45) is 8.14. The molecule has 0 aliphatic rings. The number of rotatable bonds is 3. The molecule has 0 aliphatic heterocycles. The summed E-state index contributed by atoms with van der Waals surface area (Å²) in [7, 11) is 0. The summed E-state index contributed by atoms with van der Waals surface area (Å²) < 4.78 is 0. The molecule has 0 aromatic carbocycles. The van der Waals surface area contributed by atoms with Crippen LogP contribution in [0.1, 0.15) is 12.0 Å². The third kappa shape index (κ3) is 1.82. The first-order valence-corrected chi connectivity index (χ1v) is 4.77. The molecule has 0 atom stereocenters. The lowest BCUT2D eigenvalue weighted by Gasteiger charge is -1.95. The van der Waals surface area contributed by atoms with Crippen molar-refractivity contribution in [2.45, 2.75) is 6.42 Å². The van der Waals surface area contributed by atoms with Crippen molar-refractivity contribution in [1.82, 2.24) is 15.0 Å². The molecule has 0 aliphatic carbocycles. The van der Waals surface area contributed by atoms with E-state index in [1.165, 1.54) is 6.33 Å². The van der Waals surface area contributed by atoms with Crippen molar-refractivity contribution in [1.29, 1.82) is 0 Å². The number of anilines is 1. The van der Waals surface area contributed by atoms with Crippen LogP contribution in [0.15, 0.2) is 18.6 Å². The Bertz CT molecular complexity index is 486. The molecule has 0 bridgehead atoms. The Labute approximate surface area is 87.2 Å². The highest BCUT2D eigenvalue weighted by atomic mass is 15.0. The van der Waals surface area contributed by atoms with E-state index in [1.807, 2.05) is 18.3 Å². The average molecular weight is 203 g/mol. The fourth-order valence-electron chi connectivity index (χ4n) is 1.45. The second-order valence-electron chi connectivity index (χ2n) is 3.21. The van der Waals surface area contributed by atoms with Crippen LogP contribution in [0.2, 0.25) is 0 Å². The predicted molar refractivity (Wildman–Crippen MR) is 61.0 cm³/mol. The number of nitrogen functional groups attached to an aromatic ring is 1. The minimum Gasteiger partial charge on any atom is -0.383 e. The number of hydrogen-bond donors (Lipinski definition) is 3. The zero-order valence-corrected chi connectivity index (χ0v) is 8.27. The van der Waals surface area contributed by atoms with Gasteiger partial charge >= 0.3 is 0 Å². The van der Waals surface area contributed by atoms with Gasteiger partial charge in [0.05, 0.1) is 5.39 Å². The molecule has 5 nitrogen and oxygen atoms in total. The maximum Gasteiger partial charge on any atom is 0.143 e. The zero-order valence-electron chi connectivity index (χ0n) is 8.27. The fourth-order valence-corrected chi connectivity index (χ4v) is 1.45. The zero-order chi connectivity index (χ0) is 10.7. The van der Waals surface area contributed by atoms with E-state index in [-0.39, 0.29) is 0 Å². The summed E-state index contributed by atoms with van der Waals surface area (Å²) in [5.41, 5.74) is 12.9. The molecule has 2 heterocycles. The fraction of sp³-hybridized carbons (Fsp3) is 0.200. The Kier molecular flexibility index (Phi) is 2.64. The topological polar surface area (TPSA) is 93.6 Å². The molecule has 2 rings (SSSR count). The molecule has 5 heteroatoms. The summed E-state index contributed by atoms with van der Waals surface area (Å²) >= 11 is 0.